The second-order valence-corrected chi connectivity index (χ2v) is 7.03. The number of para-hydroxylation sites is 1. The van der Waals surface area contributed by atoms with Crippen LogP contribution in [0.4, 0.5) is 5.69 Å². The lowest BCUT2D eigenvalue weighted by molar-refractivity contribution is -0.133. The van der Waals surface area contributed by atoms with Crippen LogP contribution in [0.15, 0.2) is 24.3 Å². The largest absolute Gasteiger partial charge is 0.340 e. The standard InChI is InChI=1S/C17H23BrClN3O2/c18-8-4-3-7-17(24)22-11-9-21(10-12-22)13-16(23)20-15-6-2-1-5-14(15)19/h1-2,5-6H,3-4,7-13H2,(H,20,23). The number of rotatable bonds is 7. The second-order valence-electron chi connectivity index (χ2n) is 5.83. The maximum atomic E-state index is 12.1. The first-order chi connectivity index (χ1) is 11.6. The van der Waals surface area contributed by atoms with Gasteiger partial charge in [0.05, 0.1) is 17.3 Å². The number of halogens is 2. The Morgan fingerprint density at radius 1 is 1.12 bits per heavy atom. The van der Waals surface area contributed by atoms with E-state index < -0.39 is 0 Å². The highest BCUT2D eigenvalue weighted by Gasteiger charge is 2.22. The molecule has 0 spiro atoms. The van der Waals surface area contributed by atoms with Crippen LogP contribution in [0.3, 0.4) is 0 Å². The van der Waals surface area contributed by atoms with Gasteiger partial charge in [-0.05, 0) is 25.0 Å². The number of piperazine rings is 1. The Morgan fingerprint density at radius 3 is 2.50 bits per heavy atom. The number of anilines is 1. The third-order valence-corrected chi connectivity index (χ3v) is 4.90. The number of amides is 2. The summed E-state index contributed by atoms with van der Waals surface area (Å²) in [6, 6.07) is 7.19. The highest BCUT2D eigenvalue weighted by atomic mass is 79.9. The van der Waals surface area contributed by atoms with E-state index in [9.17, 15) is 9.59 Å². The van der Waals surface area contributed by atoms with E-state index in [4.69, 9.17) is 11.6 Å². The van der Waals surface area contributed by atoms with Crippen LogP contribution in [0.5, 0.6) is 0 Å². The van der Waals surface area contributed by atoms with Crippen molar-refractivity contribution in [1.29, 1.82) is 0 Å². The van der Waals surface area contributed by atoms with Crippen molar-refractivity contribution in [3.05, 3.63) is 29.3 Å². The van der Waals surface area contributed by atoms with Gasteiger partial charge in [0.2, 0.25) is 11.8 Å². The Balaban J connectivity index is 1.72. The van der Waals surface area contributed by atoms with Gasteiger partial charge in [0, 0.05) is 37.9 Å². The number of nitrogens with zero attached hydrogens (tertiary/aromatic N) is 2. The summed E-state index contributed by atoms with van der Waals surface area (Å²) in [7, 11) is 0. The maximum Gasteiger partial charge on any atom is 0.238 e. The zero-order valence-electron chi connectivity index (χ0n) is 13.6. The number of nitrogens with one attached hydrogen (secondary N) is 1. The van der Waals surface area contributed by atoms with Crippen molar-refractivity contribution in [2.75, 3.05) is 43.4 Å². The van der Waals surface area contributed by atoms with E-state index in [0.717, 1.165) is 31.3 Å². The summed E-state index contributed by atoms with van der Waals surface area (Å²) in [6.45, 7) is 3.14. The van der Waals surface area contributed by atoms with Crippen LogP contribution in [-0.4, -0.2) is 59.7 Å². The van der Waals surface area contributed by atoms with Gasteiger partial charge < -0.3 is 10.2 Å². The molecule has 1 N–H and O–H groups in total. The zero-order valence-corrected chi connectivity index (χ0v) is 16.0. The Morgan fingerprint density at radius 2 is 1.83 bits per heavy atom. The summed E-state index contributed by atoms with van der Waals surface area (Å²) >= 11 is 9.42. The molecule has 0 atom stereocenters. The van der Waals surface area contributed by atoms with Gasteiger partial charge in [-0.2, -0.15) is 0 Å². The van der Waals surface area contributed by atoms with E-state index in [2.05, 4.69) is 26.1 Å². The molecule has 1 heterocycles. The predicted molar refractivity (Wildman–Crippen MR) is 101 cm³/mol. The highest BCUT2D eigenvalue weighted by Crippen LogP contribution is 2.20. The first-order valence-electron chi connectivity index (χ1n) is 8.20. The van der Waals surface area contributed by atoms with Gasteiger partial charge >= 0.3 is 0 Å². The van der Waals surface area contributed by atoms with Crippen molar-refractivity contribution in [1.82, 2.24) is 9.80 Å². The third-order valence-electron chi connectivity index (χ3n) is 4.01. The van der Waals surface area contributed by atoms with Gasteiger partial charge in [-0.15, -0.1) is 0 Å². The molecule has 0 radical (unpaired) electrons. The van der Waals surface area contributed by atoms with Crippen molar-refractivity contribution in [3.8, 4) is 0 Å². The van der Waals surface area contributed by atoms with Gasteiger partial charge in [-0.1, -0.05) is 39.7 Å². The van der Waals surface area contributed by atoms with Gasteiger partial charge in [0.25, 0.3) is 0 Å². The van der Waals surface area contributed by atoms with Crippen LogP contribution in [0.2, 0.25) is 5.02 Å². The summed E-state index contributed by atoms with van der Waals surface area (Å²) in [6.07, 6.45) is 2.55. The van der Waals surface area contributed by atoms with Crippen LogP contribution in [0, 0.1) is 0 Å². The topological polar surface area (TPSA) is 52.7 Å². The number of alkyl halides is 1. The summed E-state index contributed by atoms with van der Waals surface area (Å²) in [4.78, 5) is 28.2. The molecule has 0 unspecified atom stereocenters. The summed E-state index contributed by atoms with van der Waals surface area (Å²) in [5.41, 5.74) is 0.629. The number of unbranched alkanes of at least 4 members (excludes halogenated alkanes) is 1. The molecule has 1 saturated heterocycles. The monoisotopic (exact) mass is 415 g/mol. The second kappa shape index (κ2) is 10.0. The number of hydrogen-bond acceptors (Lipinski definition) is 3. The Bertz CT molecular complexity index is 563. The molecule has 2 rings (SSSR count). The molecule has 1 aliphatic rings. The number of carbonyl (C=O) groups excluding carboxylic acids is 2. The van der Waals surface area contributed by atoms with E-state index in [1.54, 1.807) is 12.1 Å². The first-order valence-corrected chi connectivity index (χ1v) is 9.70. The Hall–Kier alpha value is -1.11. The van der Waals surface area contributed by atoms with Gasteiger partial charge in [0.15, 0.2) is 0 Å². The molecule has 0 bridgehead atoms. The van der Waals surface area contributed by atoms with Crippen LogP contribution >= 0.6 is 27.5 Å². The Kier molecular flexibility index (Phi) is 8.02. The first kappa shape index (κ1) is 19.2. The van der Waals surface area contributed by atoms with Crippen molar-refractivity contribution >= 4 is 45.0 Å². The molecule has 7 heteroatoms. The van der Waals surface area contributed by atoms with Crippen molar-refractivity contribution in [2.45, 2.75) is 19.3 Å². The van der Waals surface area contributed by atoms with E-state index >= 15 is 0 Å². The smallest absolute Gasteiger partial charge is 0.238 e. The molecule has 5 nitrogen and oxygen atoms in total. The summed E-state index contributed by atoms with van der Waals surface area (Å²) in [5.74, 6) is 0.135. The molecule has 0 aromatic heterocycles. The lowest BCUT2D eigenvalue weighted by atomic mass is 10.2. The summed E-state index contributed by atoms with van der Waals surface area (Å²) < 4.78 is 0. The quantitative estimate of drug-likeness (QED) is 0.549. The highest BCUT2D eigenvalue weighted by molar-refractivity contribution is 9.09. The van der Waals surface area contributed by atoms with Gasteiger partial charge in [-0.3, -0.25) is 14.5 Å². The third kappa shape index (κ3) is 6.07. The SMILES string of the molecule is O=C(CN1CCN(C(=O)CCCCBr)CC1)Nc1ccccc1Cl. The van der Waals surface area contributed by atoms with E-state index in [0.29, 0.717) is 36.8 Å². The fourth-order valence-electron chi connectivity index (χ4n) is 2.64. The minimum atomic E-state index is -0.0832. The van der Waals surface area contributed by atoms with Crippen molar-refractivity contribution < 1.29 is 9.59 Å². The van der Waals surface area contributed by atoms with Gasteiger partial charge in [-0.25, -0.2) is 0 Å². The normalized spacial score (nSPS) is 15.3. The molecule has 24 heavy (non-hydrogen) atoms. The molecule has 132 valence electrons. The van der Waals surface area contributed by atoms with Crippen molar-refractivity contribution in [2.24, 2.45) is 0 Å². The molecular weight excluding hydrogens is 394 g/mol. The fourth-order valence-corrected chi connectivity index (χ4v) is 3.22. The average Bonchev–Trinajstić information content (AvgIpc) is 2.58. The fraction of sp³-hybridized carbons (Fsp3) is 0.529. The van der Waals surface area contributed by atoms with E-state index in [-0.39, 0.29) is 11.8 Å². The van der Waals surface area contributed by atoms with Crippen LogP contribution in [0.1, 0.15) is 19.3 Å². The molecule has 0 saturated carbocycles. The van der Waals surface area contributed by atoms with E-state index in [1.165, 1.54) is 0 Å². The zero-order chi connectivity index (χ0) is 17.4. The minimum absolute atomic E-state index is 0.0832. The molecule has 1 aromatic carbocycles. The molecule has 1 aromatic rings. The van der Waals surface area contributed by atoms with Crippen LogP contribution in [-0.2, 0) is 9.59 Å². The maximum absolute atomic E-state index is 12.1. The molecule has 0 aliphatic carbocycles. The van der Waals surface area contributed by atoms with Gasteiger partial charge in [0.1, 0.15) is 0 Å². The molecule has 1 fully saturated rings. The summed E-state index contributed by atoms with van der Waals surface area (Å²) in [5, 5.41) is 4.30. The lowest BCUT2D eigenvalue weighted by Gasteiger charge is -2.34. The van der Waals surface area contributed by atoms with Crippen molar-refractivity contribution in [3.63, 3.8) is 0 Å². The number of carbonyl (C=O) groups is 2. The number of benzene rings is 1. The average molecular weight is 417 g/mol. The number of hydrogen-bond donors (Lipinski definition) is 1. The molecule has 1 aliphatic heterocycles. The van der Waals surface area contributed by atoms with Crippen LogP contribution < -0.4 is 5.32 Å². The lowest BCUT2D eigenvalue weighted by Crippen LogP contribution is -2.50. The predicted octanol–water partition coefficient (Wildman–Crippen LogP) is 2.99. The van der Waals surface area contributed by atoms with Crippen LogP contribution in [0.25, 0.3) is 0 Å². The molecular formula is C17H23BrClN3O2. The molecule has 2 amide bonds. The minimum Gasteiger partial charge on any atom is -0.340 e. The Labute approximate surface area is 156 Å². The van der Waals surface area contributed by atoms with E-state index in [1.807, 2.05) is 17.0 Å².